The summed E-state index contributed by atoms with van der Waals surface area (Å²) in [5, 5.41) is 15.4. The number of rotatable bonds is 11. The molecule has 0 radical (unpaired) electrons. The van der Waals surface area contributed by atoms with E-state index in [0.29, 0.717) is 46.2 Å². The highest BCUT2D eigenvalue weighted by Gasteiger charge is 2.35. The summed E-state index contributed by atoms with van der Waals surface area (Å²) in [6, 6.07) is 26.8. The van der Waals surface area contributed by atoms with Gasteiger partial charge in [0, 0.05) is 40.0 Å². The molecule has 44 heavy (non-hydrogen) atoms. The lowest BCUT2D eigenvalue weighted by Crippen LogP contribution is -2.43. The minimum Gasteiger partial charge on any atom is -0.489 e. The van der Waals surface area contributed by atoms with Crippen LogP contribution in [0.25, 0.3) is 23.0 Å². The van der Waals surface area contributed by atoms with Crippen LogP contribution in [0.3, 0.4) is 0 Å². The van der Waals surface area contributed by atoms with Crippen molar-refractivity contribution in [2.45, 2.75) is 46.1 Å². The predicted molar refractivity (Wildman–Crippen MR) is 172 cm³/mol. The SMILES string of the molecule is CCCCCCN1C(=O)C(C#N)=C(C)/C(=C\c2cn(-c3ccccc3)nc2-c2ccc(OCc3ccccc3Cl)cc2)C1=O. The second-order valence-corrected chi connectivity index (χ2v) is 11.0. The molecule has 2 amide bonds. The largest absolute Gasteiger partial charge is 0.489 e. The Hall–Kier alpha value is -4.93. The molecule has 0 saturated heterocycles. The van der Waals surface area contributed by atoms with E-state index >= 15 is 0 Å². The molecule has 0 aliphatic carbocycles. The monoisotopic (exact) mass is 604 g/mol. The molecule has 0 saturated carbocycles. The number of hydrogen-bond donors (Lipinski definition) is 0. The topological polar surface area (TPSA) is 88.2 Å². The zero-order chi connectivity index (χ0) is 31.1. The van der Waals surface area contributed by atoms with Crippen LogP contribution in [0.15, 0.2) is 102 Å². The second kappa shape index (κ2) is 14.0. The van der Waals surface area contributed by atoms with Crippen molar-refractivity contribution in [1.82, 2.24) is 14.7 Å². The number of unbranched alkanes of at least 4 members (excludes halogenated alkanes) is 3. The average Bonchev–Trinajstić information content (AvgIpc) is 3.47. The average molecular weight is 605 g/mol. The molecule has 0 unspecified atom stereocenters. The maximum Gasteiger partial charge on any atom is 0.271 e. The van der Waals surface area contributed by atoms with Crippen molar-refractivity contribution in [3.05, 3.63) is 118 Å². The van der Waals surface area contributed by atoms with Gasteiger partial charge in [-0.3, -0.25) is 14.5 Å². The number of carbonyl (C=O) groups is 2. The molecule has 3 aromatic carbocycles. The number of carbonyl (C=O) groups excluding carboxylic acids is 2. The smallest absolute Gasteiger partial charge is 0.271 e. The summed E-state index contributed by atoms with van der Waals surface area (Å²) >= 11 is 6.28. The molecule has 0 spiro atoms. The van der Waals surface area contributed by atoms with Crippen molar-refractivity contribution in [3.8, 4) is 28.8 Å². The number of benzene rings is 3. The molecule has 8 heteroatoms. The van der Waals surface area contributed by atoms with Crippen molar-refractivity contribution in [3.63, 3.8) is 0 Å². The Labute approximate surface area is 262 Å². The third kappa shape index (κ3) is 6.66. The van der Waals surface area contributed by atoms with E-state index in [1.165, 1.54) is 4.90 Å². The summed E-state index contributed by atoms with van der Waals surface area (Å²) in [5.41, 5.74) is 4.55. The molecule has 0 N–H and O–H groups in total. The number of ether oxygens (including phenoxy) is 1. The number of nitrogens with zero attached hydrogens (tertiary/aromatic N) is 4. The van der Waals surface area contributed by atoms with Crippen LogP contribution in [-0.2, 0) is 16.2 Å². The molecule has 1 aliphatic rings. The normalized spacial score (nSPS) is 14.3. The van der Waals surface area contributed by atoms with Gasteiger partial charge in [-0.2, -0.15) is 10.4 Å². The molecule has 0 fully saturated rings. The molecular formula is C36H33ClN4O3. The Kier molecular flexibility index (Phi) is 9.73. The molecule has 0 bridgehead atoms. The number of aromatic nitrogens is 2. The molecule has 2 heterocycles. The lowest BCUT2D eigenvalue weighted by Gasteiger charge is -2.27. The van der Waals surface area contributed by atoms with Crippen molar-refractivity contribution >= 4 is 29.5 Å². The number of hydrogen-bond acceptors (Lipinski definition) is 5. The summed E-state index contributed by atoms with van der Waals surface area (Å²) in [6.45, 7) is 4.37. The van der Waals surface area contributed by atoms with Crippen molar-refractivity contribution in [2.75, 3.05) is 6.54 Å². The molecule has 4 aromatic rings. The molecule has 7 nitrogen and oxygen atoms in total. The van der Waals surface area contributed by atoms with Crippen LogP contribution >= 0.6 is 11.6 Å². The summed E-state index contributed by atoms with van der Waals surface area (Å²) in [6.07, 6.45) is 7.25. The summed E-state index contributed by atoms with van der Waals surface area (Å²) in [4.78, 5) is 28.0. The molecule has 5 rings (SSSR count). The van der Waals surface area contributed by atoms with Crippen LogP contribution in [-0.4, -0.2) is 33.0 Å². The van der Waals surface area contributed by atoms with Gasteiger partial charge in [-0.05, 0) is 67.5 Å². The van der Waals surface area contributed by atoms with E-state index in [1.54, 1.807) is 17.7 Å². The zero-order valence-electron chi connectivity index (χ0n) is 24.8. The number of amides is 2. The lowest BCUT2D eigenvalue weighted by molar-refractivity contribution is -0.140. The van der Waals surface area contributed by atoms with Gasteiger partial charge in [-0.1, -0.05) is 74.2 Å². The molecule has 1 aliphatic heterocycles. The van der Waals surface area contributed by atoms with Gasteiger partial charge in [-0.25, -0.2) is 4.68 Å². The van der Waals surface area contributed by atoms with Crippen LogP contribution in [0.2, 0.25) is 5.02 Å². The zero-order valence-corrected chi connectivity index (χ0v) is 25.6. The van der Waals surface area contributed by atoms with E-state index in [9.17, 15) is 14.9 Å². The van der Waals surface area contributed by atoms with Gasteiger partial charge in [0.15, 0.2) is 0 Å². The van der Waals surface area contributed by atoms with Gasteiger partial charge < -0.3 is 4.74 Å². The summed E-state index contributed by atoms with van der Waals surface area (Å²) in [7, 11) is 0. The van der Waals surface area contributed by atoms with Crippen molar-refractivity contribution in [1.29, 1.82) is 5.26 Å². The first-order valence-electron chi connectivity index (χ1n) is 14.7. The lowest BCUT2D eigenvalue weighted by atomic mass is 9.93. The highest BCUT2D eigenvalue weighted by atomic mass is 35.5. The van der Waals surface area contributed by atoms with Gasteiger partial charge in [0.1, 0.15) is 24.0 Å². The number of imide groups is 1. The Balaban J connectivity index is 1.51. The van der Waals surface area contributed by atoms with Crippen LogP contribution in [0.4, 0.5) is 0 Å². The summed E-state index contributed by atoms with van der Waals surface area (Å²) in [5.74, 6) is -0.255. The van der Waals surface area contributed by atoms with E-state index < -0.39 is 11.8 Å². The van der Waals surface area contributed by atoms with Crippen molar-refractivity contribution < 1.29 is 14.3 Å². The fourth-order valence-electron chi connectivity index (χ4n) is 5.10. The maximum atomic E-state index is 13.7. The summed E-state index contributed by atoms with van der Waals surface area (Å²) < 4.78 is 7.73. The van der Waals surface area contributed by atoms with Crippen LogP contribution in [0, 0.1) is 11.3 Å². The Bertz CT molecular complexity index is 1770. The van der Waals surface area contributed by atoms with E-state index in [1.807, 2.05) is 91.1 Å². The van der Waals surface area contributed by atoms with E-state index in [0.717, 1.165) is 36.1 Å². The maximum absolute atomic E-state index is 13.7. The Morgan fingerprint density at radius 3 is 2.36 bits per heavy atom. The Morgan fingerprint density at radius 2 is 1.66 bits per heavy atom. The number of nitriles is 1. The standard InChI is InChI=1S/C36H33ClN4O3/c1-3-4-5-11-20-40-35(42)31(25(2)32(22-38)36(40)43)21-28-23-41(29-13-7-6-8-14-29)39-34(28)26-16-18-30(19-17-26)44-24-27-12-9-10-15-33(27)37/h6-10,12-19,21,23H,3-5,11,20,24H2,1-2H3/b31-21+. The fourth-order valence-corrected chi connectivity index (χ4v) is 5.29. The van der Waals surface area contributed by atoms with Gasteiger partial charge in [0.25, 0.3) is 11.8 Å². The van der Waals surface area contributed by atoms with E-state index in [4.69, 9.17) is 21.4 Å². The fraction of sp³-hybridized carbons (Fsp3) is 0.222. The Morgan fingerprint density at radius 1 is 0.932 bits per heavy atom. The van der Waals surface area contributed by atoms with E-state index in [-0.39, 0.29) is 12.1 Å². The minimum absolute atomic E-state index is 0.0108. The number of halogens is 1. The quantitative estimate of drug-likeness (QED) is 0.0985. The van der Waals surface area contributed by atoms with E-state index in [2.05, 4.69) is 6.92 Å². The third-order valence-electron chi connectivity index (χ3n) is 7.60. The first-order chi connectivity index (χ1) is 21.4. The first kappa shape index (κ1) is 30.5. The molecule has 0 atom stereocenters. The van der Waals surface area contributed by atoms with Crippen molar-refractivity contribution in [2.24, 2.45) is 0 Å². The number of para-hydroxylation sites is 1. The third-order valence-corrected chi connectivity index (χ3v) is 7.97. The van der Waals surface area contributed by atoms with Gasteiger partial charge in [0.05, 0.1) is 11.4 Å². The highest BCUT2D eigenvalue weighted by Crippen LogP contribution is 2.32. The minimum atomic E-state index is -0.531. The van der Waals surface area contributed by atoms with Crippen LogP contribution in [0.5, 0.6) is 5.75 Å². The van der Waals surface area contributed by atoms with Crippen LogP contribution in [0.1, 0.15) is 50.7 Å². The molecule has 222 valence electrons. The first-order valence-corrected chi connectivity index (χ1v) is 15.1. The second-order valence-electron chi connectivity index (χ2n) is 10.6. The molecule has 1 aromatic heterocycles. The van der Waals surface area contributed by atoms with Gasteiger partial charge in [0.2, 0.25) is 0 Å². The van der Waals surface area contributed by atoms with Crippen LogP contribution < -0.4 is 4.74 Å². The predicted octanol–water partition coefficient (Wildman–Crippen LogP) is 7.94. The highest BCUT2D eigenvalue weighted by molar-refractivity contribution is 6.31. The van der Waals surface area contributed by atoms with Gasteiger partial charge >= 0.3 is 0 Å². The molecular weight excluding hydrogens is 572 g/mol. The van der Waals surface area contributed by atoms with Gasteiger partial charge in [-0.15, -0.1) is 0 Å².